The second kappa shape index (κ2) is 4.76. The smallest absolute Gasteiger partial charge is 0.325 e. The van der Waals surface area contributed by atoms with E-state index < -0.39 is 0 Å². The third-order valence-electron chi connectivity index (χ3n) is 1.59. The summed E-state index contributed by atoms with van der Waals surface area (Å²) in [5.74, 6) is 0.105. The molecule has 0 N–H and O–H groups in total. The number of esters is 1. The zero-order valence-electron chi connectivity index (χ0n) is 7.90. The van der Waals surface area contributed by atoms with Crippen molar-refractivity contribution in [3.05, 3.63) is 17.5 Å². The number of rotatable bonds is 3. The first-order valence-corrected chi connectivity index (χ1v) is 4.27. The highest BCUT2D eigenvalue weighted by molar-refractivity contribution is 6.31. The van der Waals surface area contributed by atoms with Gasteiger partial charge in [0.1, 0.15) is 6.54 Å². The second-order valence-electron chi connectivity index (χ2n) is 2.60. The first-order valence-electron chi connectivity index (χ1n) is 3.89. The molecule has 14 heavy (non-hydrogen) atoms. The van der Waals surface area contributed by atoms with Crippen LogP contribution in [0.3, 0.4) is 0 Å². The minimum absolute atomic E-state index is 0.0922. The molecule has 0 spiro atoms. The number of likely N-dealkylation sites (N-methyl/N-ethyl adjacent to an activating group) is 1. The number of carbonyl (C=O) groups excluding carboxylic acids is 1. The fourth-order valence-electron chi connectivity index (χ4n) is 0.903. The average Bonchev–Trinajstić information content (AvgIpc) is 2.18. The first kappa shape index (κ1) is 10.7. The van der Waals surface area contributed by atoms with Gasteiger partial charge in [0.15, 0.2) is 11.0 Å². The Bertz CT molecular complexity index is 332. The van der Waals surface area contributed by atoms with Crippen LogP contribution in [-0.2, 0) is 9.53 Å². The molecule has 76 valence electrons. The molecule has 0 aliphatic heterocycles. The van der Waals surface area contributed by atoms with Crippen LogP contribution in [0.1, 0.15) is 0 Å². The lowest BCUT2D eigenvalue weighted by Gasteiger charge is -2.16. The maximum absolute atomic E-state index is 11.0. The molecule has 0 unspecified atom stereocenters. The molecular formula is C8H10ClN3O2. The van der Waals surface area contributed by atoms with Gasteiger partial charge in [0.05, 0.1) is 7.11 Å². The number of methoxy groups -OCH3 is 1. The van der Waals surface area contributed by atoms with Crippen LogP contribution in [0.5, 0.6) is 0 Å². The number of anilines is 1. The Morgan fingerprint density at radius 3 is 2.79 bits per heavy atom. The fourth-order valence-corrected chi connectivity index (χ4v) is 1.15. The Morgan fingerprint density at radius 2 is 2.21 bits per heavy atom. The summed E-state index contributed by atoms with van der Waals surface area (Å²) in [5.41, 5.74) is 0. The molecule has 1 rings (SSSR count). The number of ether oxygens (including phenoxy) is 1. The quantitative estimate of drug-likeness (QED) is 0.697. The predicted octanol–water partition coefficient (Wildman–Crippen LogP) is 0.739. The Morgan fingerprint density at radius 1 is 1.57 bits per heavy atom. The molecule has 1 aromatic rings. The predicted molar refractivity (Wildman–Crippen MR) is 52.3 cm³/mol. The van der Waals surface area contributed by atoms with Crippen LogP contribution in [0.4, 0.5) is 5.82 Å². The molecule has 0 aliphatic rings. The minimum Gasteiger partial charge on any atom is -0.468 e. The Kier molecular flexibility index (Phi) is 3.64. The lowest BCUT2D eigenvalue weighted by Crippen LogP contribution is -2.27. The molecule has 0 aromatic carbocycles. The SMILES string of the molecule is COC(=O)CN(C)c1nccnc1Cl. The van der Waals surface area contributed by atoms with Crippen molar-refractivity contribution in [2.75, 3.05) is 25.6 Å². The van der Waals surface area contributed by atoms with Gasteiger partial charge in [0, 0.05) is 19.4 Å². The first-order chi connectivity index (χ1) is 6.65. The molecule has 0 radical (unpaired) electrons. The van der Waals surface area contributed by atoms with E-state index >= 15 is 0 Å². The van der Waals surface area contributed by atoms with Crippen molar-refractivity contribution in [1.82, 2.24) is 9.97 Å². The van der Waals surface area contributed by atoms with Crippen molar-refractivity contribution < 1.29 is 9.53 Å². The summed E-state index contributed by atoms with van der Waals surface area (Å²) in [4.78, 5) is 20.4. The van der Waals surface area contributed by atoms with Crippen LogP contribution in [-0.4, -0.2) is 36.6 Å². The number of hydrogen-bond donors (Lipinski definition) is 0. The van der Waals surface area contributed by atoms with E-state index in [1.165, 1.54) is 19.5 Å². The van der Waals surface area contributed by atoms with Crippen LogP contribution in [0.15, 0.2) is 12.4 Å². The highest BCUT2D eigenvalue weighted by Gasteiger charge is 2.11. The van der Waals surface area contributed by atoms with Crippen molar-refractivity contribution in [3.8, 4) is 0 Å². The highest BCUT2D eigenvalue weighted by Crippen LogP contribution is 2.17. The minimum atomic E-state index is -0.353. The molecule has 0 bridgehead atoms. The van der Waals surface area contributed by atoms with Gasteiger partial charge in [-0.05, 0) is 0 Å². The third-order valence-corrected chi connectivity index (χ3v) is 1.86. The summed E-state index contributed by atoms with van der Waals surface area (Å²) in [6.45, 7) is 0.0922. The van der Waals surface area contributed by atoms with Gasteiger partial charge >= 0.3 is 5.97 Å². The largest absolute Gasteiger partial charge is 0.468 e. The van der Waals surface area contributed by atoms with E-state index in [4.69, 9.17) is 11.6 Å². The highest BCUT2D eigenvalue weighted by atomic mass is 35.5. The molecule has 5 nitrogen and oxygen atoms in total. The maximum Gasteiger partial charge on any atom is 0.325 e. The zero-order valence-corrected chi connectivity index (χ0v) is 8.65. The van der Waals surface area contributed by atoms with Crippen LogP contribution in [0, 0.1) is 0 Å². The average molecular weight is 216 g/mol. The lowest BCUT2D eigenvalue weighted by atomic mass is 10.5. The van der Waals surface area contributed by atoms with Crippen molar-refractivity contribution in [2.24, 2.45) is 0 Å². The van der Waals surface area contributed by atoms with E-state index in [0.29, 0.717) is 5.82 Å². The van der Waals surface area contributed by atoms with Crippen LogP contribution in [0.25, 0.3) is 0 Å². The van der Waals surface area contributed by atoms with Gasteiger partial charge in [-0.15, -0.1) is 0 Å². The molecule has 0 saturated carbocycles. The zero-order chi connectivity index (χ0) is 10.6. The summed E-state index contributed by atoms with van der Waals surface area (Å²) in [6, 6.07) is 0. The van der Waals surface area contributed by atoms with E-state index in [9.17, 15) is 4.79 Å². The van der Waals surface area contributed by atoms with E-state index in [-0.39, 0.29) is 17.7 Å². The van der Waals surface area contributed by atoms with Gasteiger partial charge in [0.2, 0.25) is 0 Å². The molecule has 0 fully saturated rings. The van der Waals surface area contributed by atoms with Gasteiger partial charge in [-0.2, -0.15) is 0 Å². The van der Waals surface area contributed by atoms with Crippen molar-refractivity contribution >= 4 is 23.4 Å². The monoisotopic (exact) mass is 215 g/mol. The lowest BCUT2D eigenvalue weighted by molar-refractivity contribution is -0.138. The number of hydrogen-bond acceptors (Lipinski definition) is 5. The second-order valence-corrected chi connectivity index (χ2v) is 2.96. The van der Waals surface area contributed by atoms with Crippen LogP contribution in [0.2, 0.25) is 5.15 Å². The molecule has 0 atom stereocenters. The maximum atomic E-state index is 11.0. The number of nitrogens with zero attached hydrogens (tertiary/aromatic N) is 3. The summed E-state index contributed by atoms with van der Waals surface area (Å²) in [6.07, 6.45) is 2.99. The van der Waals surface area contributed by atoms with E-state index in [1.54, 1.807) is 11.9 Å². The number of halogens is 1. The molecular weight excluding hydrogens is 206 g/mol. The molecule has 0 aliphatic carbocycles. The Hall–Kier alpha value is -1.36. The summed E-state index contributed by atoms with van der Waals surface area (Å²) >= 11 is 5.78. The van der Waals surface area contributed by atoms with Gasteiger partial charge in [-0.3, -0.25) is 4.79 Å². The standard InChI is InChI=1S/C8H10ClN3O2/c1-12(5-6(13)14-2)8-7(9)10-3-4-11-8/h3-4H,5H2,1-2H3. The van der Waals surface area contributed by atoms with Crippen LogP contribution < -0.4 is 4.90 Å². The third kappa shape index (κ3) is 2.56. The van der Waals surface area contributed by atoms with E-state index in [1.807, 2.05) is 0 Å². The Balaban J connectivity index is 2.74. The summed E-state index contributed by atoms with van der Waals surface area (Å²) in [7, 11) is 3.02. The fraction of sp³-hybridized carbons (Fsp3) is 0.375. The molecule has 0 amide bonds. The summed E-state index contributed by atoms with van der Waals surface area (Å²) < 4.78 is 4.51. The van der Waals surface area contributed by atoms with E-state index in [0.717, 1.165) is 0 Å². The van der Waals surface area contributed by atoms with Gasteiger partial charge in [0.25, 0.3) is 0 Å². The summed E-state index contributed by atoms with van der Waals surface area (Å²) in [5, 5.41) is 0.263. The van der Waals surface area contributed by atoms with Crippen molar-refractivity contribution in [2.45, 2.75) is 0 Å². The normalized spacial score (nSPS) is 9.64. The Labute approximate surface area is 86.7 Å². The topological polar surface area (TPSA) is 55.3 Å². The van der Waals surface area contributed by atoms with Crippen LogP contribution >= 0.6 is 11.6 Å². The van der Waals surface area contributed by atoms with E-state index in [2.05, 4.69) is 14.7 Å². The molecule has 1 heterocycles. The van der Waals surface area contributed by atoms with Crippen molar-refractivity contribution in [3.63, 3.8) is 0 Å². The molecule has 6 heteroatoms. The van der Waals surface area contributed by atoms with Gasteiger partial charge in [-0.25, -0.2) is 9.97 Å². The van der Waals surface area contributed by atoms with Crippen molar-refractivity contribution in [1.29, 1.82) is 0 Å². The molecule has 1 aromatic heterocycles. The van der Waals surface area contributed by atoms with Gasteiger partial charge in [-0.1, -0.05) is 11.6 Å². The number of carbonyl (C=O) groups is 1. The molecule has 0 saturated heterocycles. The number of aromatic nitrogens is 2. The van der Waals surface area contributed by atoms with Gasteiger partial charge < -0.3 is 9.64 Å².